The zero-order valence-electron chi connectivity index (χ0n) is 15.6. The Labute approximate surface area is 151 Å². The van der Waals surface area contributed by atoms with Gasteiger partial charge < -0.3 is 9.64 Å². The van der Waals surface area contributed by atoms with Gasteiger partial charge in [-0.3, -0.25) is 0 Å². The van der Waals surface area contributed by atoms with Crippen molar-refractivity contribution in [3.8, 4) is 0 Å². The van der Waals surface area contributed by atoms with Crippen molar-refractivity contribution in [2.24, 2.45) is 4.99 Å². The maximum absolute atomic E-state index is 12.2. The predicted molar refractivity (Wildman–Crippen MR) is 106 cm³/mol. The lowest BCUT2D eigenvalue weighted by Crippen LogP contribution is -2.20. The van der Waals surface area contributed by atoms with Crippen LogP contribution in [0.2, 0.25) is 30.7 Å². The Balaban J connectivity index is 2.74. The van der Waals surface area contributed by atoms with E-state index in [1.807, 2.05) is 25.8 Å². The number of aliphatic imine (C=N–C) groups is 1. The molecule has 0 aliphatic carbocycles. The standard InChI is InChI=1S/C18H29ClN2O2Si/c1-7-21(3)13-20-17-12-16(19)15(11-14(17)2)18(22)23-9-8-10-24(4,5)6/h11-13H,7-10H2,1-6H3/b20-13+. The zero-order chi connectivity index (χ0) is 18.3. The second-order valence-corrected chi connectivity index (χ2v) is 13.3. The van der Waals surface area contributed by atoms with Crippen LogP contribution in [-0.4, -0.2) is 45.5 Å². The van der Waals surface area contributed by atoms with Gasteiger partial charge in [-0.1, -0.05) is 37.3 Å². The molecule has 24 heavy (non-hydrogen) atoms. The first-order valence-electron chi connectivity index (χ1n) is 8.35. The fourth-order valence-electron chi connectivity index (χ4n) is 2.05. The number of hydrogen-bond donors (Lipinski definition) is 0. The Hall–Kier alpha value is -1.33. The van der Waals surface area contributed by atoms with E-state index in [9.17, 15) is 4.79 Å². The molecule has 0 aromatic heterocycles. The zero-order valence-corrected chi connectivity index (χ0v) is 17.4. The van der Waals surface area contributed by atoms with Gasteiger partial charge in [-0.05, 0) is 38.0 Å². The van der Waals surface area contributed by atoms with E-state index in [1.165, 1.54) is 0 Å². The Bertz CT molecular complexity index is 597. The Morgan fingerprint density at radius 1 is 1.38 bits per heavy atom. The molecule has 6 heteroatoms. The highest BCUT2D eigenvalue weighted by atomic mass is 35.5. The molecule has 4 nitrogen and oxygen atoms in total. The highest BCUT2D eigenvalue weighted by molar-refractivity contribution is 6.76. The Morgan fingerprint density at radius 2 is 2.04 bits per heavy atom. The summed E-state index contributed by atoms with van der Waals surface area (Å²) in [6.45, 7) is 12.2. The molecule has 0 fully saturated rings. The number of carbonyl (C=O) groups is 1. The van der Waals surface area contributed by atoms with E-state index >= 15 is 0 Å². The average molecular weight is 369 g/mol. The van der Waals surface area contributed by atoms with Crippen molar-refractivity contribution in [1.82, 2.24) is 4.90 Å². The highest BCUT2D eigenvalue weighted by Gasteiger charge is 2.16. The average Bonchev–Trinajstić information content (AvgIpc) is 2.50. The summed E-state index contributed by atoms with van der Waals surface area (Å²) in [5, 5.41) is 0.377. The molecule has 0 saturated carbocycles. The molecular weight excluding hydrogens is 340 g/mol. The highest BCUT2D eigenvalue weighted by Crippen LogP contribution is 2.27. The lowest BCUT2D eigenvalue weighted by atomic mass is 10.1. The van der Waals surface area contributed by atoms with Crippen molar-refractivity contribution < 1.29 is 9.53 Å². The third-order valence-corrected chi connectivity index (χ3v) is 5.87. The van der Waals surface area contributed by atoms with Gasteiger partial charge in [0.05, 0.1) is 29.2 Å². The van der Waals surface area contributed by atoms with Gasteiger partial charge >= 0.3 is 5.97 Å². The van der Waals surface area contributed by atoms with E-state index in [4.69, 9.17) is 16.3 Å². The van der Waals surface area contributed by atoms with Crippen LogP contribution in [0.1, 0.15) is 29.3 Å². The fourth-order valence-corrected chi connectivity index (χ4v) is 3.49. The predicted octanol–water partition coefficient (Wildman–Crippen LogP) is 5.15. The number of esters is 1. The largest absolute Gasteiger partial charge is 0.462 e. The number of nitrogens with zero attached hydrogens (tertiary/aromatic N) is 2. The number of benzene rings is 1. The molecule has 0 aliphatic heterocycles. The molecule has 0 unspecified atom stereocenters. The van der Waals surface area contributed by atoms with E-state index in [0.717, 1.165) is 30.3 Å². The molecule has 0 radical (unpaired) electrons. The summed E-state index contributed by atoms with van der Waals surface area (Å²) < 4.78 is 5.37. The normalized spacial score (nSPS) is 11.8. The van der Waals surface area contributed by atoms with Crippen LogP contribution in [0, 0.1) is 6.92 Å². The maximum Gasteiger partial charge on any atom is 0.339 e. The Morgan fingerprint density at radius 3 is 2.62 bits per heavy atom. The molecular formula is C18H29ClN2O2Si. The van der Waals surface area contributed by atoms with Crippen molar-refractivity contribution in [2.75, 3.05) is 20.2 Å². The molecule has 1 aromatic carbocycles. The summed E-state index contributed by atoms with van der Waals surface area (Å²) in [6, 6.07) is 4.61. The SMILES string of the molecule is CCN(C)/C=N/c1cc(Cl)c(C(=O)OCCC[Si](C)(C)C)cc1C. The molecule has 134 valence electrons. The van der Waals surface area contributed by atoms with Crippen molar-refractivity contribution in [2.45, 2.75) is 46.0 Å². The van der Waals surface area contributed by atoms with Crippen LogP contribution in [0.4, 0.5) is 5.69 Å². The number of ether oxygens (including phenoxy) is 1. The van der Waals surface area contributed by atoms with Crippen molar-refractivity contribution in [1.29, 1.82) is 0 Å². The number of carbonyl (C=O) groups excluding carboxylic acids is 1. The summed E-state index contributed by atoms with van der Waals surface area (Å²) >= 11 is 6.25. The third kappa shape index (κ3) is 7.05. The van der Waals surface area contributed by atoms with Crippen LogP contribution in [0.5, 0.6) is 0 Å². The minimum atomic E-state index is -1.09. The van der Waals surface area contributed by atoms with E-state index in [0.29, 0.717) is 17.2 Å². The molecule has 0 heterocycles. The summed E-state index contributed by atoms with van der Waals surface area (Å²) in [4.78, 5) is 18.6. The summed E-state index contributed by atoms with van der Waals surface area (Å²) in [5.41, 5.74) is 2.06. The molecule has 1 rings (SSSR count). The molecule has 0 aliphatic rings. The minimum Gasteiger partial charge on any atom is -0.462 e. The van der Waals surface area contributed by atoms with Crippen LogP contribution in [0.3, 0.4) is 0 Å². The van der Waals surface area contributed by atoms with Gasteiger partial charge in [0.1, 0.15) is 0 Å². The summed E-state index contributed by atoms with van der Waals surface area (Å²) in [6.07, 6.45) is 2.66. The van der Waals surface area contributed by atoms with Crippen LogP contribution in [0.25, 0.3) is 0 Å². The molecule has 0 spiro atoms. The smallest absolute Gasteiger partial charge is 0.339 e. The van der Waals surface area contributed by atoms with Gasteiger partial charge in [0.25, 0.3) is 0 Å². The monoisotopic (exact) mass is 368 g/mol. The van der Waals surface area contributed by atoms with Gasteiger partial charge in [-0.15, -0.1) is 0 Å². The van der Waals surface area contributed by atoms with Crippen LogP contribution < -0.4 is 0 Å². The lowest BCUT2D eigenvalue weighted by molar-refractivity contribution is 0.0505. The maximum atomic E-state index is 12.2. The first-order chi connectivity index (χ1) is 11.1. The molecule has 0 N–H and O–H groups in total. The van der Waals surface area contributed by atoms with Crippen LogP contribution in [-0.2, 0) is 4.74 Å². The van der Waals surface area contributed by atoms with Crippen molar-refractivity contribution in [3.05, 3.63) is 28.3 Å². The van der Waals surface area contributed by atoms with Gasteiger partial charge in [-0.25, -0.2) is 9.79 Å². The Kier molecular flexibility index (Phi) is 7.96. The van der Waals surface area contributed by atoms with Crippen LogP contribution >= 0.6 is 11.6 Å². The van der Waals surface area contributed by atoms with Gasteiger partial charge in [-0.2, -0.15) is 0 Å². The van der Waals surface area contributed by atoms with Gasteiger partial charge in [0.15, 0.2) is 0 Å². The number of halogens is 1. The second-order valence-electron chi connectivity index (χ2n) is 7.24. The third-order valence-electron chi connectivity index (χ3n) is 3.70. The molecule has 1 aromatic rings. The summed E-state index contributed by atoms with van der Waals surface area (Å²) in [5.74, 6) is -0.361. The molecule has 0 bridgehead atoms. The van der Waals surface area contributed by atoms with E-state index in [-0.39, 0.29) is 5.97 Å². The topological polar surface area (TPSA) is 41.9 Å². The van der Waals surface area contributed by atoms with E-state index in [1.54, 1.807) is 18.5 Å². The van der Waals surface area contributed by atoms with E-state index < -0.39 is 8.07 Å². The number of rotatable bonds is 8. The molecule has 0 atom stereocenters. The van der Waals surface area contributed by atoms with Gasteiger partial charge in [0.2, 0.25) is 0 Å². The van der Waals surface area contributed by atoms with E-state index in [2.05, 4.69) is 24.6 Å². The number of hydrogen-bond acceptors (Lipinski definition) is 3. The lowest BCUT2D eigenvalue weighted by Gasteiger charge is -2.15. The molecule has 0 saturated heterocycles. The molecule has 0 amide bonds. The van der Waals surface area contributed by atoms with Crippen LogP contribution in [0.15, 0.2) is 17.1 Å². The van der Waals surface area contributed by atoms with Crippen molar-refractivity contribution >= 4 is 37.7 Å². The van der Waals surface area contributed by atoms with Crippen molar-refractivity contribution in [3.63, 3.8) is 0 Å². The fraction of sp³-hybridized carbons (Fsp3) is 0.556. The van der Waals surface area contributed by atoms with Gasteiger partial charge in [0, 0.05) is 21.7 Å². The minimum absolute atomic E-state index is 0.361. The first-order valence-corrected chi connectivity index (χ1v) is 12.4. The second kappa shape index (κ2) is 9.23. The first kappa shape index (κ1) is 20.7. The number of aryl methyl sites for hydroxylation is 1. The quantitative estimate of drug-likeness (QED) is 0.209. The summed E-state index contributed by atoms with van der Waals surface area (Å²) in [7, 11) is 0.856.